The van der Waals surface area contributed by atoms with Crippen molar-refractivity contribution in [1.82, 2.24) is 10.2 Å². The molecule has 4 heteroatoms. The Kier molecular flexibility index (Phi) is 6.54. The number of carboxylic acid groups (broad SMARTS) is 1. The summed E-state index contributed by atoms with van der Waals surface area (Å²) < 4.78 is 0. The van der Waals surface area contributed by atoms with Crippen molar-refractivity contribution in [3.63, 3.8) is 0 Å². The molecule has 0 aliphatic carbocycles. The Hall–Kier alpha value is -0.610. The van der Waals surface area contributed by atoms with Crippen LogP contribution in [-0.2, 0) is 4.79 Å². The molecular formula is C9H20N2O2. The highest BCUT2D eigenvalue weighted by atomic mass is 16.4. The highest BCUT2D eigenvalue weighted by molar-refractivity contribution is 5.69. The molecule has 1 atom stereocenters. The highest BCUT2D eigenvalue weighted by Gasteiger charge is 2.08. The van der Waals surface area contributed by atoms with E-state index in [2.05, 4.69) is 10.2 Å². The summed E-state index contributed by atoms with van der Waals surface area (Å²) in [5, 5.41) is 11.8. The van der Waals surface area contributed by atoms with Gasteiger partial charge in [-0.25, -0.2) is 0 Å². The van der Waals surface area contributed by atoms with E-state index in [4.69, 9.17) is 5.11 Å². The average molecular weight is 188 g/mol. The van der Waals surface area contributed by atoms with Crippen molar-refractivity contribution in [3.05, 3.63) is 0 Å². The number of nitrogens with zero attached hydrogens (tertiary/aromatic N) is 1. The largest absolute Gasteiger partial charge is 0.481 e. The van der Waals surface area contributed by atoms with Crippen LogP contribution in [0.4, 0.5) is 0 Å². The van der Waals surface area contributed by atoms with E-state index in [9.17, 15) is 4.79 Å². The van der Waals surface area contributed by atoms with Gasteiger partial charge in [-0.1, -0.05) is 6.92 Å². The summed E-state index contributed by atoms with van der Waals surface area (Å²) in [6, 6.07) is 0. The maximum Gasteiger partial charge on any atom is 0.306 e. The zero-order valence-electron chi connectivity index (χ0n) is 8.71. The minimum Gasteiger partial charge on any atom is -0.481 e. The summed E-state index contributed by atoms with van der Waals surface area (Å²) in [6.45, 7) is 4.41. The lowest BCUT2D eigenvalue weighted by molar-refractivity contribution is -0.141. The summed E-state index contributed by atoms with van der Waals surface area (Å²) in [6.07, 6.45) is 0.697. The van der Waals surface area contributed by atoms with E-state index in [1.807, 2.05) is 14.1 Å². The monoisotopic (exact) mass is 188 g/mol. The second kappa shape index (κ2) is 6.86. The van der Waals surface area contributed by atoms with Crippen LogP contribution in [-0.4, -0.2) is 49.7 Å². The van der Waals surface area contributed by atoms with Gasteiger partial charge in [-0.3, -0.25) is 4.79 Å². The molecule has 78 valence electrons. The van der Waals surface area contributed by atoms with Gasteiger partial charge in [0.25, 0.3) is 0 Å². The van der Waals surface area contributed by atoms with Crippen LogP contribution in [0.2, 0.25) is 0 Å². The zero-order chi connectivity index (χ0) is 10.3. The molecule has 4 nitrogen and oxygen atoms in total. The predicted octanol–water partition coefficient (Wildman–Crippen LogP) is 0.248. The van der Waals surface area contributed by atoms with Crippen LogP contribution in [0.25, 0.3) is 0 Å². The molecule has 0 aromatic carbocycles. The van der Waals surface area contributed by atoms with Crippen LogP contribution in [0, 0.1) is 5.92 Å². The fraction of sp³-hybridized carbons (Fsp3) is 0.889. The number of aliphatic carboxylic acids is 1. The second-order valence-corrected chi connectivity index (χ2v) is 3.58. The molecule has 0 bridgehead atoms. The fourth-order valence-electron chi connectivity index (χ4n) is 0.870. The Labute approximate surface area is 79.9 Å². The van der Waals surface area contributed by atoms with Crippen molar-refractivity contribution in [2.45, 2.75) is 13.3 Å². The molecule has 1 unspecified atom stereocenters. The number of carboxylic acids is 1. The van der Waals surface area contributed by atoms with Gasteiger partial charge in [0.05, 0.1) is 5.92 Å². The van der Waals surface area contributed by atoms with Crippen LogP contribution in [0.3, 0.4) is 0 Å². The molecule has 0 aromatic rings. The lowest BCUT2D eigenvalue weighted by atomic mass is 10.1. The Balaban J connectivity index is 3.21. The van der Waals surface area contributed by atoms with Crippen molar-refractivity contribution in [3.8, 4) is 0 Å². The van der Waals surface area contributed by atoms with E-state index in [0.29, 0.717) is 6.42 Å². The quantitative estimate of drug-likeness (QED) is 0.562. The lowest BCUT2D eigenvalue weighted by Gasteiger charge is -2.11. The van der Waals surface area contributed by atoms with Crippen LogP contribution in [0.5, 0.6) is 0 Å². The minimum atomic E-state index is -0.714. The first-order chi connectivity index (χ1) is 6.04. The second-order valence-electron chi connectivity index (χ2n) is 3.58. The average Bonchev–Trinajstić information content (AvgIpc) is 2.02. The summed E-state index contributed by atoms with van der Waals surface area (Å²) in [4.78, 5) is 12.5. The highest BCUT2D eigenvalue weighted by Crippen LogP contribution is 1.98. The van der Waals surface area contributed by atoms with Crippen molar-refractivity contribution in [1.29, 1.82) is 0 Å². The molecule has 0 rings (SSSR count). The van der Waals surface area contributed by atoms with Crippen molar-refractivity contribution >= 4 is 5.97 Å². The van der Waals surface area contributed by atoms with Gasteiger partial charge in [0.1, 0.15) is 0 Å². The molecule has 0 saturated carbocycles. The van der Waals surface area contributed by atoms with Gasteiger partial charge >= 0.3 is 5.97 Å². The number of nitrogens with one attached hydrogen (secondary N) is 1. The zero-order valence-corrected chi connectivity index (χ0v) is 8.71. The molecule has 0 fully saturated rings. The van der Waals surface area contributed by atoms with E-state index < -0.39 is 5.97 Å². The Bertz CT molecular complexity index is 149. The van der Waals surface area contributed by atoms with Gasteiger partial charge in [0.2, 0.25) is 0 Å². The van der Waals surface area contributed by atoms with E-state index in [0.717, 1.165) is 19.6 Å². The van der Waals surface area contributed by atoms with Gasteiger partial charge in [-0.2, -0.15) is 0 Å². The van der Waals surface area contributed by atoms with Crippen molar-refractivity contribution in [2.24, 2.45) is 5.92 Å². The molecule has 13 heavy (non-hydrogen) atoms. The number of hydrogen-bond donors (Lipinski definition) is 2. The standard InChI is InChI=1S/C9H20N2O2/c1-8(9(12)13)4-5-10-6-7-11(2)3/h8,10H,4-7H2,1-3H3,(H,12,13). The molecule has 0 aliphatic rings. The molecule has 0 amide bonds. The van der Waals surface area contributed by atoms with Crippen molar-refractivity contribution < 1.29 is 9.90 Å². The Morgan fingerprint density at radius 2 is 2.08 bits per heavy atom. The van der Waals surface area contributed by atoms with E-state index in [-0.39, 0.29) is 5.92 Å². The van der Waals surface area contributed by atoms with Gasteiger partial charge in [0, 0.05) is 13.1 Å². The number of carbonyl (C=O) groups is 1. The molecule has 0 heterocycles. The van der Waals surface area contributed by atoms with Crippen LogP contribution in [0.1, 0.15) is 13.3 Å². The molecule has 0 aliphatic heterocycles. The molecule has 0 saturated heterocycles. The molecule has 0 aromatic heterocycles. The third-order valence-corrected chi connectivity index (χ3v) is 1.91. The molecular weight excluding hydrogens is 168 g/mol. The topological polar surface area (TPSA) is 52.6 Å². The molecule has 0 radical (unpaired) electrons. The van der Waals surface area contributed by atoms with Gasteiger partial charge in [-0.15, -0.1) is 0 Å². The first-order valence-electron chi connectivity index (χ1n) is 4.62. The maximum atomic E-state index is 10.4. The first-order valence-corrected chi connectivity index (χ1v) is 4.62. The summed E-state index contributed by atoms with van der Waals surface area (Å²) >= 11 is 0. The molecule has 2 N–H and O–H groups in total. The van der Waals surface area contributed by atoms with Gasteiger partial charge in [-0.05, 0) is 27.1 Å². The number of rotatable bonds is 7. The van der Waals surface area contributed by atoms with Crippen molar-refractivity contribution in [2.75, 3.05) is 33.7 Å². The van der Waals surface area contributed by atoms with Gasteiger partial charge < -0.3 is 15.3 Å². The van der Waals surface area contributed by atoms with Crippen LogP contribution >= 0.6 is 0 Å². The van der Waals surface area contributed by atoms with Gasteiger partial charge in [0.15, 0.2) is 0 Å². The smallest absolute Gasteiger partial charge is 0.306 e. The molecule has 0 spiro atoms. The summed E-state index contributed by atoms with van der Waals surface area (Å²) in [5.74, 6) is -0.957. The first kappa shape index (κ1) is 12.4. The third kappa shape index (κ3) is 7.74. The van der Waals surface area contributed by atoms with Crippen LogP contribution in [0.15, 0.2) is 0 Å². The SMILES string of the molecule is CC(CCNCCN(C)C)C(=O)O. The number of hydrogen-bond acceptors (Lipinski definition) is 3. The number of likely N-dealkylation sites (N-methyl/N-ethyl adjacent to an activating group) is 1. The van der Waals surface area contributed by atoms with E-state index >= 15 is 0 Å². The summed E-state index contributed by atoms with van der Waals surface area (Å²) in [5.41, 5.74) is 0. The van der Waals surface area contributed by atoms with Crippen LogP contribution < -0.4 is 5.32 Å². The third-order valence-electron chi connectivity index (χ3n) is 1.91. The minimum absolute atomic E-state index is 0.244. The lowest BCUT2D eigenvalue weighted by Crippen LogP contribution is -2.28. The summed E-state index contributed by atoms with van der Waals surface area (Å²) in [7, 11) is 4.03. The predicted molar refractivity (Wildman–Crippen MR) is 52.8 cm³/mol. The fourth-order valence-corrected chi connectivity index (χ4v) is 0.870. The normalized spacial score (nSPS) is 13.2. The maximum absolute atomic E-state index is 10.4. The Morgan fingerprint density at radius 3 is 2.54 bits per heavy atom. The van der Waals surface area contributed by atoms with E-state index in [1.165, 1.54) is 0 Å². The Morgan fingerprint density at radius 1 is 1.46 bits per heavy atom. The van der Waals surface area contributed by atoms with E-state index in [1.54, 1.807) is 6.92 Å².